The van der Waals surface area contributed by atoms with Gasteiger partial charge in [0.25, 0.3) is 0 Å². The first-order valence-electron chi connectivity index (χ1n) is 8.97. The van der Waals surface area contributed by atoms with E-state index in [0.717, 1.165) is 44.5 Å². The summed E-state index contributed by atoms with van der Waals surface area (Å²) in [6.07, 6.45) is 5.65. The summed E-state index contributed by atoms with van der Waals surface area (Å²) in [6.45, 7) is 3.21. The fourth-order valence-corrected chi connectivity index (χ4v) is 3.63. The Balaban J connectivity index is 0.00000225. The van der Waals surface area contributed by atoms with Crippen LogP contribution in [0, 0.1) is 0 Å². The van der Waals surface area contributed by atoms with Gasteiger partial charge in [0.1, 0.15) is 6.61 Å². The van der Waals surface area contributed by atoms with Crippen LogP contribution in [-0.4, -0.2) is 43.1 Å². The van der Waals surface area contributed by atoms with E-state index in [0.29, 0.717) is 6.61 Å². The van der Waals surface area contributed by atoms with E-state index < -0.39 is 11.5 Å². The molecule has 25 heavy (non-hydrogen) atoms. The number of imide groups is 1. The van der Waals surface area contributed by atoms with E-state index in [1.54, 1.807) is 0 Å². The molecule has 1 aromatic carbocycles. The molecule has 1 heterocycles. The van der Waals surface area contributed by atoms with Crippen LogP contribution in [0.3, 0.4) is 0 Å². The number of ether oxygens (including phenoxy) is 1. The van der Waals surface area contributed by atoms with Crippen molar-refractivity contribution < 1.29 is 14.3 Å². The van der Waals surface area contributed by atoms with E-state index in [4.69, 9.17) is 4.74 Å². The summed E-state index contributed by atoms with van der Waals surface area (Å²) >= 11 is 0. The van der Waals surface area contributed by atoms with Crippen LogP contribution in [0.2, 0.25) is 0 Å². The first kappa shape index (κ1) is 19.7. The smallest absolute Gasteiger partial charge is 0.413 e. The maximum Gasteiger partial charge on any atom is 0.413 e. The standard InChI is InChI=1S/C19H26N2O3.ClH/c22-17(19(10-7-11-19)16-8-3-1-4-9-16)20-18(23)24-15-14-21-12-5-2-6-13-21;/h1,3-4,8-9H,2,5-7,10-15H2,(H,20,22,23);1H. The van der Waals surface area contributed by atoms with E-state index in [2.05, 4.69) is 10.2 Å². The van der Waals surface area contributed by atoms with E-state index in [9.17, 15) is 9.59 Å². The van der Waals surface area contributed by atoms with Gasteiger partial charge in [-0.05, 0) is 44.3 Å². The highest BCUT2D eigenvalue weighted by Gasteiger charge is 2.46. The molecule has 0 spiro atoms. The molecule has 1 N–H and O–H groups in total. The number of hydrogen-bond acceptors (Lipinski definition) is 4. The highest BCUT2D eigenvalue weighted by atomic mass is 35.5. The highest BCUT2D eigenvalue weighted by molar-refractivity contribution is 5.99. The number of piperidine rings is 1. The third-order valence-electron chi connectivity index (χ3n) is 5.27. The number of hydrogen-bond donors (Lipinski definition) is 1. The van der Waals surface area contributed by atoms with Crippen LogP contribution >= 0.6 is 12.4 Å². The largest absolute Gasteiger partial charge is 0.448 e. The molecule has 1 aliphatic carbocycles. The Morgan fingerprint density at radius 2 is 1.72 bits per heavy atom. The highest BCUT2D eigenvalue weighted by Crippen LogP contribution is 2.43. The second kappa shape index (κ2) is 9.20. The molecule has 2 aliphatic rings. The molecule has 0 radical (unpaired) electrons. The van der Waals surface area contributed by atoms with E-state index in [1.807, 2.05) is 30.3 Å². The molecule has 6 heteroatoms. The summed E-state index contributed by atoms with van der Waals surface area (Å²) in [7, 11) is 0. The molecular weight excluding hydrogens is 340 g/mol. The summed E-state index contributed by atoms with van der Waals surface area (Å²) < 4.78 is 5.20. The van der Waals surface area contributed by atoms with Gasteiger partial charge in [-0.2, -0.15) is 0 Å². The van der Waals surface area contributed by atoms with Crippen molar-refractivity contribution in [2.24, 2.45) is 0 Å². The van der Waals surface area contributed by atoms with Gasteiger partial charge in [-0.3, -0.25) is 15.0 Å². The van der Waals surface area contributed by atoms with Crippen molar-refractivity contribution in [2.45, 2.75) is 43.9 Å². The van der Waals surface area contributed by atoms with Crippen molar-refractivity contribution in [2.75, 3.05) is 26.2 Å². The third-order valence-corrected chi connectivity index (χ3v) is 5.27. The molecule has 1 saturated carbocycles. The zero-order valence-corrected chi connectivity index (χ0v) is 15.4. The Bertz CT molecular complexity index is 569. The van der Waals surface area contributed by atoms with Gasteiger partial charge < -0.3 is 4.74 Å². The van der Waals surface area contributed by atoms with Crippen molar-refractivity contribution in [3.8, 4) is 0 Å². The summed E-state index contributed by atoms with van der Waals surface area (Å²) in [5.74, 6) is -0.233. The maximum absolute atomic E-state index is 12.6. The van der Waals surface area contributed by atoms with Crippen LogP contribution in [0.4, 0.5) is 4.79 Å². The summed E-state index contributed by atoms with van der Waals surface area (Å²) in [5.41, 5.74) is 0.419. The molecule has 0 atom stereocenters. The lowest BCUT2D eigenvalue weighted by molar-refractivity contribution is -0.129. The maximum atomic E-state index is 12.6. The predicted molar refractivity (Wildman–Crippen MR) is 99.0 cm³/mol. The summed E-state index contributed by atoms with van der Waals surface area (Å²) in [5, 5.41) is 2.44. The number of nitrogens with one attached hydrogen (secondary N) is 1. The first-order chi connectivity index (χ1) is 11.7. The Hall–Kier alpha value is -1.59. The van der Waals surface area contributed by atoms with Gasteiger partial charge in [-0.1, -0.05) is 43.2 Å². The minimum absolute atomic E-state index is 0. The zero-order valence-electron chi connectivity index (χ0n) is 14.5. The van der Waals surface area contributed by atoms with Crippen LogP contribution < -0.4 is 5.32 Å². The van der Waals surface area contributed by atoms with Gasteiger partial charge in [0.15, 0.2) is 0 Å². The molecule has 2 amide bonds. The lowest BCUT2D eigenvalue weighted by atomic mass is 9.64. The van der Waals surface area contributed by atoms with E-state index in [1.165, 1.54) is 19.3 Å². The first-order valence-corrected chi connectivity index (χ1v) is 8.97. The van der Waals surface area contributed by atoms with Crippen molar-refractivity contribution in [3.63, 3.8) is 0 Å². The monoisotopic (exact) mass is 366 g/mol. The van der Waals surface area contributed by atoms with Gasteiger partial charge in [0.2, 0.25) is 5.91 Å². The molecule has 1 aliphatic heterocycles. The van der Waals surface area contributed by atoms with Crippen LogP contribution in [0.5, 0.6) is 0 Å². The van der Waals surface area contributed by atoms with Crippen LogP contribution in [-0.2, 0) is 14.9 Å². The molecule has 2 fully saturated rings. The number of alkyl carbamates (subject to hydrolysis) is 1. The van der Waals surface area contributed by atoms with Crippen molar-refractivity contribution in [1.29, 1.82) is 0 Å². The van der Waals surface area contributed by atoms with Gasteiger partial charge in [0.05, 0.1) is 5.41 Å². The van der Waals surface area contributed by atoms with Crippen LogP contribution in [0.25, 0.3) is 0 Å². The molecule has 3 rings (SSSR count). The predicted octanol–water partition coefficient (Wildman–Crippen LogP) is 3.27. The van der Waals surface area contributed by atoms with Crippen LogP contribution in [0.1, 0.15) is 44.1 Å². The van der Waals surface area contributed by atoms with E-state index >= 15 is 0 Å². The zero-order chi connectivity index (χ0) is 16.8. The second-order valence-corrected chi connectivity index (χ2v) is 6.79. The Kier molecular flexibility index (Phi) is 7.26. The normalized spacial score (nSPS) is 19.2. The fourth-order valence-electron chi connectivity index (χ4n) is 3.63. The Labute approximate surface area is 155 Å². The average molecular weight is 367 g/mol. The molecule has 5 nitrogen and oxygen atoms in total. The SMILES string of the molecule is Cl.O=C(NC(=O)C1(c2ccccc2)CCC1)OCCN1CCCCC1. The molecule has 0 bridgehead atoms. The minimum Gasteiger partial charge on any atom is -0.448 e. The molecule has 0 aromatic heterocycles. The summed E-state index contributed by atoms with van der Waals surface area (Å²) in [6, 6.07) is 9.71. The van der Waals surface area contributed by atoms with Gasteiger partial charge in [0, 0.05) is 6.54 Å². The quantitative estimate of drug-likeness (QED) is 0.868. The average Bonchev–Trinajstić information content (AvgIpc) is 2.56. The number of carbonyl (C=O) groups is 2. The second-order valence-electron chi connectivity index (χ2n) is 6.79. The molecule has 0 unspecified atom stereocenters. The number of carbonyl (C=O) groups excluding carboxylic acids is 2. The van der Waals surface area contributed by atoms with Crippen LogP contribution in [0.15, 0.2) is 30.3 Å². The Morgan fingerprint density at radius 1 is 1.04 bits per heavy atom. The number of rotatable bonds is 5. The third kappa shape index (κ3) is 4.73. The van der Waals surface area contributed by atoms with Gasteiger partial charge >= 0.3 is 6.09 Å². The molecule has 1 saturated heterocycles. The molecule has 138 valence electrons. The number of likely N-dealkylation sites (tertiary alicyclic amines) is 1. The Morgan fingerprint density at radius 3 is 2.32 bits per heavy atom. The topological polar surface area (TPSA) is 58.6 Å². The fraction of sp³-hybridized carbons (Fsp3) is 0.579. The lowest BCUT2D eigenvalue weighted by Crippen LogP contribution is -2.51. The lowest BCUT2D eigenvalue weighted by Gasteiger charge is -2.40. The minimum atomic E-state index is -0.626. The van der Waals surface area contributed by atoms with Gasteiger partial charge in [-0.15, -0.1) is 12.4 Å². The number of amides is 2. The molecular formula is C19H27ClN2O3. The van der Waals surface area contributed by atoms with Crippen molar-refractivity contribution in [3.05, 3.63) is 35.9 Å². The molecule has 1 aromatic rings. The number of nitrogens with zero attached hydrogens (tertiary/aromatic N) is 1. The van der Waals surface area contributed by atoms with Crippen molar-refractivity contribution in [1.82, 2.24) is 10.2 Å². The van der Waals surface area contributed by atoms with Gasteiger partial charge in [-0.25, -0.2) is 4.79 Å². The number of benzene rings is 1. The van der Waals surface area contributed by atoms with E-state index in [-0.39, 0.29) is 18.3 Å². The summed E-state index contributed by atoms with van der Waals surface area (Å²) in [4.78, 5) is 26.8. The van der Waals surface area contributed by atoms with Crippen molar-refractivity contribution >= 4 is 24.4 Å². The number of halogens is 1.